The molecule has 0 aliphatic rings. The molecule has 0 rings (SSSR count). The van der Waals surface area contributed by atoms with Gasteiger partial charge in [0, 0.05) is 0 Å². The molecular weight excluding hydrogens is 108 g/mol. The van der Waals surface area contributed by atoms with Crippen molar-refractivity contribution in [2.75, 3.05) is 0 Å². The molecule has 0 saturated carbocycles. The highest BCUT2D eigenvalue weighted by atomic mass is 32.1. The van der Waals surface area contributed by atoms with Crippen molar-refractivity contribution in [3.63, 3.8) is 0 Å². The third-order valence-corrected chi connectivity index (χ3v) is 0.920. The zero-order valence-corrected chi connectivity index (χ0v) is 5.42. The zero-order valence-electron chi connectivity index (χ0n) is 4.60. The van der Waals surface area contributed by atoms with Gasteiger partial charge in [-0.05, 0) is 25.6 Å². The van der Waals surface area contributed by atoms with E-state index in [2.05, 4.69) is 17.8 Å². The van der Waals surface area contributed by atoms with Gasteiger partial charge in [0.2, 0.25) is 5.55 Å². The maximum Gasteiger partial charge on any atom is 0.239 e. The maximum atomic E-state index is 4.76. The lowest BCUT2D eigenvalue weighted by Gasteiger charge is -2.02. The Bertz CT molecular complexity index is 54.0. The summed E-state index contributed by atoms with van der Waals surface area (Å²) in [5, 5.41) is 0. The average Bonchev–Trinajstić information content (AvgIpc) is 1.68. The van der Waals surface area contributed by atoms with E-state index in [1.165, 1.54) is 0 Å². The monoisotopic (exact) mass is 117 g/mol. The topological polar surface area (TPSA) is 9.23 Å². The third kappa shape index (κ3) is 3.73. The van der Waals surface area contributed by atoms with E-state index in [1.54, 1.807) is 0 Å². The van der Waals surface area contributed by atoms with Gasteiger partial charge < -0.3 is 4.74 Å². The van der Waals surface area contributed by atoms with E-state index in [0.29, 0.717) is 0 Å². The second-order valence-corrected chi connectivity index (χ2v) is 1.59. The van der Waals surface area contributed by atoms with Gasteiger partial charge in [-0.15, -0.1) is 0 Å². The maximum absolute atomic E-state index is 4.76. The van der Waals surface area contributed by atoms with Gasteiger partial charge in [0.1, 0.15) is 0 Å². The summed E-state index contributed by atoms with van der Waals surface area (Å²) in [5.41, 5.74) is 2.20. The highest BCUT2D eigenvalue weighted by Crippen LogP contribution is 1.91. The van der Waals surface area contributed by atoms with Crippen LogP contribution in [0.15, 0.2) is 0 Å². The third-order valence-electron chi connectivity index (χ3n) is 0.824. The summed E-state index contributed by atoms with van der Waals surface area (Å²) in [4.78, 5) is 0. The van der Waals surface area contributed by atoms with E-state index in [4.69, 9.17) is 4.74 Å². The molecular formula is C5H9OS. The van der Waals surface area contributed by atoms with Crippen LogP contribution in [0.3, 0.4) is 0 Å². The Morgan fingerprint density at radius 3 is 2.57 bits per heavy atom. The lowest BCUT2D eigenvalue weighted by Crippen LogP contribution is -2.02. The molecule has 0 aromatic rings. The van der Waals surface area contributed by atoms with Crippen molar-refractivity contribution >= 4 is 17.8 Å². The predicted octanol–water partition coefficient (Wildman–Crippen LogP) is 1.64. The van der Waals surface area contributed by atoms with Crippen LogP contribution in [0.2, 0.25) is 0 Å². The first-order valence-electron chi connectivity index (χ1n) is 2.34. The summed E-state index contributed by atoms with van der Waals surface area (Å²) >= 11 is 4.32. The number of ether oxygens (including phenoxy) is 1. The molecule has 7 heavy (non-hydrogen) atoms. The van der Waals surface area contributed by atoms with E-state index in [0.717, 1.165) is 6.42 Å². The molecule has 1 nitrogen and oxygen atoms in total. The fraction of sp³-hybridized carbons (Fsp3) is 0.800. The van der Waals surface area contributed by atoms with Crippen LogP contribution in [0.4, 0.5) is 0 Å². The standard InChI is InChI=1S/C5H9OS/c1-3-5(2)6-4-7/h5H,3H2,1-2H3. The van der Waals surface area contributed by atoms with Crippen LogP contribution < -0.4 is 0 Å². The molecule has 0 aromatic heterocycles. The fourth-order valence-electron chi connectivity index (χ4n) is 0.165. The summed E-state index contributed by atoms with van der Waals surface area (Å²) in [6.07, 6.45) is 1.22. The Morgan fingerprint density at radius 1 is 1.86 bits per heavy atom. The van der Waals surface area contributed by atoms with Crippen LogP contribution >= 0.6 is 12.2 Å². The number of hydrogen-bond donors (Lipinski definition) is 0. The molecule has 0 fully saturated rings. The van der Waals surface area contributed by atoms with Gasteiger partial charge in [0.25, 0.3) is 0 Å². The minimum absolute atomic E-state index is 0.234. The van der Waals surface area contributed by atoms with E-state index in [1.807, 2.05) is 13.8 Å². The highest BCUT2D eigenvalue weighted by molar-refractivity contribution is 7.78. The molecule has 0 bridgehead atoms. The van der Waals surface area contributed by atoms with Gasteiger partial charge in [-0.2, -0.15) is 0 Å². The first-order chi connectivity index (χ1) is 3.31. The smallest absolute Gasteiger partial charge is 0.239 e. The summed E-state index contributed by atoms with van der Waals surface area (Å²) in [5.74, 6) is 0. The largest absolute Gasteiger partial charge is 0.477 e. The minimum atomic E-state index is 0.234. The van der Waals surface area contributed by atoms with Crippen molar-refractivity contribution in [2.45, 2.75) is 26.4 Å². The van der Waals surface area contributed by atoms with Gasteiger partial charge in [-0.25, -0.2) is 0 Å². The quantitative estimate of drug-likeness (QED) is 0.520. The number of hydrogen-bond acceptors (Lipinski definition) is 2. The molecule has 0 aromatic carbocycles. The van der Waals surface area contributed by atoms with Crippen molar-refractivity contribution < 1.29 is 4.74 Å². The molecule has 0 saturated heterocycles. The van der Waals surface area contributed by atoms with E-state index < -0.39 is 0 Å². The molecule has 0 spiro atoms. The van der Waals surface area contributed by atoms with Crippen LogP contribution in [0, 0.1) is 0 Å². The molecule has 1 radical (unpaired) electrons. The predicted molar refractivity (Wildman–Crippen MR) is 33.4 cm³/mol. The molecule has 0 amide bonds. The molecule has 1 atom stereocenters. The van der Waals surface area contributed by atoms with Gasteiger partial charge in [0.15, 0.2) is 0 Å². The molecule has 1 unspecified atom stereocenters. The molecule has 0 aliphatic heterocycles. The van der Waals surface area contributed by atoms with Crippen LogP contribution in [0.5, 0.6) is 0 Å². The first-order valence-corrected chi connectivity index (χ1v) is 2.74. The van der Waals surface area contributed by atoms with E-state index in [-0.39, 0.29) is 6.10 Å². The van der Waals surface area contributed by atoms with Gasteiger partial charge in [-0.1, -0.05) is 6.92 Å². The zero-order chi connectivity index (χ0) is 5.70. The second kappa shape index (κ2) is 4.06. The summed E-state index contributed by atoms with van der Waals surface area (Å²) in [7, 11) is 0. The van der Waals surface area contributed by atoms with Crippen molar-refractivity contribution in [1.29, 1.82) is 0 Å². The van der Waals surface area contributed by atoms with Crippen molar-refractivity contribution in [3.05, 3.63) is 0 Å². The highest BCUT2D eigenvalue weighted by Gasteiger charge is 1.91. The Morgan fingerprint density at radius 2 is 2.43 bits per heavy atom. The Labute approximate surface area is 49.7 Å². The van der Waals surface area contributed by atoms with Crippen molar-refractivity contribution in [1.82, 2.24) is 0 Å². The van der Waals surface area contributed by atoms with Crippen molar-refractivity contribution in [2.24, 2.45) is 0 Å². The first kappa shape index (κ1) is 6.89. The summed E-state index contributed by atoms with van der Waals surface area (Å²) in [6, 6.07) is 0. The van der Waals surface area contributed by atoms with Crippen LogP contribution in [0.1, 0.15) is 20.3 Å². The Hall–Kier alpha value is -0.110. The summed E-state index contributed by atoms with van der Waals surface area (Å²) < 4.78 is 4.76. The lowest BCUT2D eigenvalue weighted by molar-refractivity contribution is 0.221. The fourth-order valence-corrected chi connectivity index (χ4v) is 0.330. The van der Waals surface area contributed by atoms with E-state index in [9.17, 15) is 0 Å². The molecule has 0 heterocycles. The van der Waals surface area contributed by atoms with Crippen LogP contribution in [0.25, 0.3) is 0 Å². The second-order valence-electron chi connectivity index (χ2n) is 1.42. The average molecular weight is 117 g/mol. The SMILES string of the molecule is CCC(C)O[C]=S. The van der Waals surface area contributed by atoms with Gasteiger partial charge >= 0.3 is 0 Å². The normalized spacial score (nSPS) is 12.9. The van der Waals surface area contributed by atoms with Crippen LogP contribution in [-0.2, 0) is 4.74 Å². The van der Waals surface area contributed by atoms with Gasteiger partial charge in [-0.3, -0.25) is 0 Å². The molecule has 2 heteroatoms. The molecule has 0 aliphatic carbocycles. The van der Waals surface area contributed by atoms with Gasteiger partial charge in [0.05, 0.1) is 6.10 Å². The van der Waals surface area contributed by atoms with Crippen molar-refractivity contribution in [3.8, 4) is 0 Å². The Balaban J connectivity index is 2.98. The Kier molecular flexibility index (Phi) is 4.00. The van der Waals surface area contributed by atoms with E-state index >= 15 is 0 Å². The lowest BCUT2D eigenvalue weighted by atomic mass is 10.3. The number of rotatable bonds is 3. The minimum Gasteiger partial charge on any atom is -0.477 e. The molecule has 0 N–H and O–H groups in total. The molecule has 41 valence electrons. The van der Waals surface area contributed by atoms with Crippen LogP contribution in [-0.4, -0.2) is 11.7 Å². The number of thiocarbonyl (C=S) groups is 1. The summed E-state index contributed by atoms with van der Waals surface area (Å²) in [6.45, 7) is 4.00.